The Balaban J connectivity index is 2.01. The molecule has 1 aromatic carbocycles. The summed E-state index contributed by atoms with van der Waals surface area (Å²) in [5, 5.41) is 1.96. The molecule has 2 aromatic rings. The summed E-state index contributed by atoms with van der Waals surface area (Å²) in [6, 6.07) is 0.209. The highest BCUT2D eigenvalue weighted by Gasteiger charge is 2.40. The van der Waals surface area contributed by atoms with Crippen LogP contribution in [0.1, 0.15) is 37.3 Å². The molecule has 1 N–H and O–H groups in total. The maximum Gasteiger partial charge on any atom is 0.573 e. The predicted molar refractivity (Wildman–Crippen MR) is 116 cm³/mol. The molecule has 0 radical (unpaired) electrons. The van der Waals surface area contributed by atoms with E-state index in [1.54, 1.807) is 0 Å². The number of nitrogens with zero attached hydrogens (tertiary/aromatic N) is 3. The van der Waals surface area contributed by atoms with E-state index >= 15 is 0 Å². The molecule has 1 fully saturated rings. The Morgan fingerprint density at radius 1 is 1.17 bits per heavy atom. The number of carbonyl (C=O) groups excluding carboxylic acids is 2. The van der Waals surface area contributed by atoms with Gasteiger partial charge < -0.3 is 10.1 Å². The SMILES string of the molecule is O=C(NC1CCC(F)(F)CC1)[C@@H](c1cncnc1)N(C(=O)[C@H](F)Cl)c1ccc(OC(F)(F)F)c(Cl)c1. The predicted octanol–water partition coefficient (Wildman–Crippen LogP) is 5.33. The summed E-state index contributed by atoms with van der Waals surface area (Å²) in [7, 11) is 0. The van der Waals surface area contributed by atoms with Gasteiger partial charge in [-0.05, 0) is 31.0 Å². The topological polar surface area (TPSA) is 84.4 Å². The van der Waals surface area contributed by atoms with Gasteiger partial charge in [0.1, 0.15) is 18.1 Å². The summed E-state index contributed by atoms with van der Waals surface area (Å²) >= 11 is 11.3. The lowest BCUT2D eigenvalue weighted by atomic mass is 9.92. The number of halogens is 8. The van der Waals surface area contributed by atoms with Gasteiger partial charge in [0.05, 0.1) is 5.02 Å². The van der Waals surface area contributed by atoms with E-state index in [1.165, 1.54) is 0 Å². The second-order valence-electron chi connectivity index (χ2n) is 7.88. The Kier molecular flexibility index (Phi) is 8.55. The molecule has 1 aliphatic carbocycles. The minimum atomic E-state index is -5.07. The molecule has 0 spiro atoms. The van der Waals surface area contributed by atoms with Gasteiger partial charge in [-0.15, -0.1) is 13.2 Å². The van der Waals surface area contributed by atoms with Gasteiger partial charge in [0.15, 0.2) is 0 Å². The molecule has 7 nitrogen and oxygen atoms in total. The van der Waals surface area contributed by atoms with E-state index in [4.69, 9.17) is 23.2 Å². The van der Waals surface area contributed by atoms with E-state index in [-0.39, 0.29) is 24.1 Å². The minimum absolute atomic E-state index is 0.0199. The maximum atomic E-state index is 14.0. The maximum absolute atomic E-state index is 14.0. The van der Waals surface area contributed by atoms with Crippen LogP contribution in [0.3, 0.4) is 0 Å². The van der Waals surface area contributed by atoms with E-state index < -0.39 is 65.4 Å². The van der Waals surface area contributed by atoms with Crippen LogP contribution in [-0.2, 0) is 9.59 Å². The van der Waals surface area contributed by atoms with Crippen molar-refractivity contribution >= 4 is 40.7 Å². The Labute approximate surface area is 210 Å². The van der Waals surface area contributed by atoms with E-state index in [1.807, 2.05) is 0 Å². The number of hydrogen-bond donors (Lipinski definition) is 1. The zero-order chi connectivity index (χ0) is 26.7. The molecular weight excluding hydrogens is 541 g/mol. The summed E-state index contributed by atoms with van der Waals surface area (Å²) in [6.45, 7) is 0. The molecule has 1 aromatic heterocycles. The van der Waals surface area contributed by atoms with Gasteiger partial charge in [0.25, 0.3) is 11.5 Å². The van der Waals surface area contributed by atoms with E-state index in [0.717, 1.165) is 36.9 Å². The molecule has 2 amide bonds. The molecule has 1 saturated carbocycles. The second kappa shape index (κ2) is 11.1. The first kappa shape index (κ1) is 27.8. The zero-order valence-electron chi connectivity index (χ0n) is 18.1. The quantitative estimate of drug-likeness (QED) is 0.366. The number of ether oxygens (including phenoxy) is 1. The highest BCUT2D eigenvalue weighted by Crippen LogP contribution is 2.37. The molecule has 196 valence electrons. The van der Waals surface area contributed by atoms with Gasteiger partial charge in [-0.25, -0.2) is 23.1 Å². The number of amides is 2. The third kappa shape index (κ3) is 7.12. The van der Waals surface area contributed by atoms with Crippen molar-refractivity contribution in [1.29, 1.82) is 0 Å². The molecule has 2 atom stereocenters. The van der Waals surface area contributed by atoms with Gasteiger partial charge in [0.2, 0.25) is 11.8 Å². The van der Waals surface area contributed by atoms with Crippen molar-refractivity contribution in [3.63, 3.8) is 0 Å². The first-order chi connectivity index (χ1) is 16.8. The van der Waals surface area contributed by atoms with Gasteiger partial charge in [0, 0.05) is 42.5 Å². The summed E-state index contributed by atoms with van der Waals surface area (Å²) < 4.78 is 82.7. The Bertz CT molecular complexity index is 1080. The molecule has 3 rings (SSSR count). The number of rotatable bonds is 7. The van der Waals surface area contributed by atoms with E-state index in [9.17, 15) is 35.9 Å². The fourth-order valence-electron chi connectivity index (χ4n) is 3.69. The standard InChI is InChI=1S/C21H18Cl2F6N4O3/c22-14-7-13(1-2-15(14)36-21(27,28)29)33(19(35)17(23)24)16(11-8-30-10-31-9-11)18(34)32-12-3-5-20(25,26)6-4-12/h1-2,7-10,12,16-17H,3-6H2,(H,32,34)/t16-,17+/m1/s1. The lowest BCUT2D eigenvalue weighted by Crippen LogP contribution is -2.49. The van der Waals surface area contributed by atoms with Crippen molar-refractivity contribution in [2.75, 3.05) is 4.90 Å². The number of aromatic nitrogens is 2. The zero-order valence-corrected chi connectivity index (χ0v) is 19.6. The average Bonchev–Trinajstić information content (AvgIpc) is 2.79. The molecule has 1 aliphatic rings. The summed E-state index contributed by atoms with van der Waals surface area (Å²) in [4.78, 5) is 34.3. The largest absolute Gasteiger partial charge is 0.573 e. The van der Waals surface area contributed by atoms with Crippen LogP contribution < -0.4 is 15.0 Å². The van der Waals surface area contributed by atoms with Crippen molar-refractivity contribution in [1.82, 2.24) is 15.3 Å². The van der Waals surface area contributed by atoms with Crippen molar-refractivity contribution in [2.24, 2.45) is 0 Å². The minimum Gasteiger partial charge on any atom is -0.404 e. The highest BCUT2D eigenvalue weighted by molar-refractivity contribution is 6.33. The van der Waals surface area contributed by atoms with Gasteiger partial charge >= 0.3 is 6.36 Å². The normalized spacial score (nSPS) is 17.7. The summed E-state index contributed by atoms with van der Waals surface area (Å²) in [5.74, 6) is -6.03. The van der Waals surface area contributed by atoms with Crippen LogP contribution in [-0.4, -0.2) is 45.7 Å². The molecule has 36 heavy (non-hydrogen) atoms. The third-order valence-corrected chi connectivity index (χ3v) is 5.79. The highest BCUT2D eigenvalue weighted by atomic mass is 35.5. The number of hydrogen-bond acceptors (Lipinski definition) is 5. The van der Waals surface area contributed by atoms with Crippen molar-refractivity contribution in [3.05, 3.63) is 47.5 Å². The lowest BCUT2D eigenvalue weighted by Gasteiger charge is -2.34. The van der Waals surface area contributed by atoms with E-state index in [2.05, 4.69) is 20.0 Å². The van der Waals surface area contributed by atoms with Crippen LogP contribution in [0, 0.1) is 0 Å². The molecule has 0 aliphatic heterocycles. The molecular formula is C21H18Cl2F6N4O3. The van der Waals surface area contributed by atoms with Crippen LogP contribution in [0.2, 0.25) is 5.02 Å². The monoisotopic (exact) mass is 558 g/mol. The fraction of sp³-hybridized carbons (Fsp3) is 0.429. The van der Waals surface area contributed by atoms with Crippen LogP contribution >= 0.6 is 23.2 Å². The smallest absolute Gasteiger partial charge is 0.404 e. The summed E-state index contributed by atoms with van der Waals surface area (Å²) in [5.41, 5.74) is -2.99. The fourth-order valence-corrected chi connectivity index (χ4v) is 4.01. The summed E-state index contributed by atoms with van der Waals surface area (Å²) in [6.07, 6.45) is -2.70. The third-order valence-electron chi connectivity index (χ3n) is 5.31. The molecule has 0 bridgehead atoms. The second-order valence-corrected chi connectivity index (χ2v) is 8.68. The molecule has 0 saturated heterocycles. The number of anilines is 1. The van der Waals surface area contributed by atoms with Crippen LogP contribution in [0.5, 0.6) is 5.75 Å². The van der Waals surface area contributed by atoms with Gasteiger partial charge in [-0.3, -0.25) is 14.5 Å². The van der Waals surface area contributed by atoms with Gasteiger partial charge in [-0.1, -0.05) is 23.2 Å². The van der Waals surface area contributed by atoms with E-state index in [0.29, 0.717) is 4.90 Å². The number of alkyl halides is 7. The lowest BCUT2D eigenvalue weighted by molar-refractivity contribution is -0.274. The van der Waals surface area contributed by atoms with Crippen molar-refractivity contribution in [3.8, 4) is 5.75 Å². The molecule has 15 heteroatoms. The van der Waals surface area contributed by atoms with Crippen LogP contribution in [0.15, 0.2) is 36.9 Å². The Morgan fingerprint density at radius 2 is 1.78 bits per heavy atom. The number of carbonyl (C=O) groups is 2. The molecule has 1 heterocycles. The van der Waals surface area contributed by atoms with Crippen LogP contribution in [0.25, 0.3) is 0 Å². The van der Waals surface area contributed by atoms with Crippen molar-refractivity contribution in [2.45, 2.75) is 55.7 Å². The Morgan fingerprint density at radius 3 is 2.31 bits per heavy atom. The first-order valence-electron chi connectivity index (χ1n) is 10.4. The van der Waals surface area contributed by atoms with Gasteiger partial charge in [-0.2, -0.15) is 0 Å². The average molecular weight is 559 g/mol. The van der Waals surface area contributed by atoms with Crippen LogP contribution in [0.4, 0.5) is 32.0 Å². The first-order valence-corrected chi connectivity index (χ1v) is 11.2. The number of benzene rings is 1. The van der Waals surface area contributed by atoms with Crippen molar-refractivity contribution < 1.29 is 40.7 Å². The molecule has 0 unspecified atom stereocenters. The Hall–Kier alpha value is -2.80. The number of nitrogens with one attached hydrogen (secondary N) is 1.